The van der Waals surface area contributed by atoms with Gasteiger partial charge in [0.25, 0.3) is 0 Å². The topological polar surface area (TPSA) is 39.2 Å². The first kappa shape index (κ1) is 11.7. The molecule has 0 N–H and O–H groups in total. The lowest BCUT2D eigenvalue weighted by atomic mass is 10.1. The number of hydrogen-bond acceptors (Lipinski definition) is 3. The van der Waals surface area contributed by atoms with Gasteiger partial charge in [0.05, 0.1) is 11.6 Å². The number of Topliss-reactive ketones (excluding diaryl/α,β-unsaturated/α-hetero) is 1. The van der Waals surface area contributed by atoms with Gasteiger partial charge < -0.3 is 4.74 Å². The van der Waals surface area contributed by atoms with Crippen molar-refractivity contribution in [1.82, 2.24) is 4.98 Å². The second-order valence-electron chi connectivity index (χ2n) is 4.16. The number of carbonyl (C=O) groups is 1. The number of aromatic nitrogens is 1. The molecule has 0 atom stereocenters. The molecular formula is C14H15NO2. The molecule has 0 saturated carbocycles. The maximum Gasteiger partial charge on any atom is 0.189 e. The molecule has 0 radical (unpaired) electrons. The molecule has 0 fully saturated rings. The number of nitrogens with zero attached hydrogens (tertiary/aromatic N) is 1. The third-order valence-electron chi connectivity index (χ3n) is 2.49. The summed E-state index contributed by atoms with van der Waals surface area (Å²) in [5.74, 6) is -0.00250. The second-order valence-corrected chi connectivity index (χ2v) is 4.16. The Hall–Kier alpha value is -1.74. The van der Waals surface area contributed by atoms with E-state index in [1.54, 1.807) is 6.20 Å². The minimum absolute atomic E-state index is 0.00250. The van der Waals surface area contributed by atoms with Crippen molar-refractivity contribution in [2.75, 3.05) is 6.61 Å². The van der Waals surface area contributed by atoms with Crippen molar-refractivity contribution in [3.8, 4) is 0 Å². The van der Waals surface area contributed by atoms with E-state index < -0.39 is 0 Å². The van der Waals surface area contributed by atoms with Crippen LogP contribution >= 0.6 is 0 Å². The van der Waals surface area contributed by atoms with Crippen LogP contribution in [0.3, 0.4) is 0 Å². The Labute approximate surface area is 100 Å². The maximum atomic E-state index is 12.0. The van der Waals surface area contributed by atoms with Crippen LogP contribution in [0, 0.1) is 0 Å². The Bertz CT molecular complexity index is 529. The number of pyridine rings is 1. The number of hydrogen-bond donors (Lipinski definition) is 0. The number of ether oxygens (including phenoxy) is 1. The van der Waals surface area contributed by atoms with Crippen LogP contribution in [-0.2, 0) is 4.74 Å². The zero-order valence-corrected chi connectivity index (χ0v) is 10.0. The molecule has 0 aliphatic rings. The first-order valence-corrected chi connectivity index (χ1v) is 5.67. The Morgan fingerprint density at radius 3 is 2.88 bits per heavy atom. The predicted octanol–water partition coefficient (Wildman–Crippen LogP) is 2.84. The highest BCUT2D eigenvalue weighted by molar-refractivity contribution is 6.07. The number of benzene rings is 1. The van der Waals surface area contributed by atoms with Crippen LogP contribution in [0.4, 0.5) is 0 Å². The highest BCUT2D eigenvalue weighted by atomic mass is 16.5. The normalized spacial score (nSPS) is 11.0. The largest absolute Gasteiger partial charge is 0.371 e. The lowest BCUT2D eigenvalue weighted by Gasteiger charge is -2.08. The molecule has 0 bridgehead atoms. The average Bonchev–Trinajstić information content (AvgIpc) is 2.35. The van der Waals surface area contributed by atoms with Crippen molar-refractivity contribution in [2.24, 2.45) is 0 Å². The molecule has 0 aliphatic carbocycles. The molecule has 0 spiro atoms. The Morgan fingerprint density at radius 1 is 1.29 bits per heavy atom. The standard InChI is InChI=1S/C14H15NO2/c1-10(2)17-9-14(16)12-5-3-7-13-11(12)6-4-8-15-13/h3-8,10H,9H2,1-2H3. The van der Waals surface area contributed by atoms with Gasteiger partial charge in [0.1, 0.15) is 6.61 Å². The van der Waals surface area contributed by atoms with E-state index in [0.717, 1.165) is 10.9 Å². The predicted molar refractivity (Wildman–Crippen MR) is 67.2 cm³/mol. The summed E-state index contributed by atoms with van der Waals surface area (Å²) in [6.07, 6.45) is 1.79. The van der Waals surface area contributed by atoms with E-state index in [-0.39, 0.29) is 18.5 Å². The van der Waals surface area contributed by atoms with Crippen molar-refractivity contribution in [3.05, 3.63) is 42.1 Å². The van der Waals surface area contributed by atoms with Crippen LogP contribution in [0.1, 0.15) is 24.2 Å². The molecule has 3 heteroatoms. The summed E-state index contributed by atoms with van der Waals surface area (Å²) in [6.45, 7) is 3.95. The smallest absolute Gasteiger partial charge is 0.189 e. The van der Waals surface area contributed by atoms with Gasteiger partial charge in [-0.1, -0.05) is 18.2 Å². The van der Waals surface area contributed by atoms with Crippen molar-refractivity contribution in [2.45, 2.75) is 20.0 Å². The van der Waals surface area contributed by atoms with E-state index in [4.69, 9.17) is 4.74 Å². The number of rotatable bonds is 4. The lowest BCUT2D eigenvalue weighted by Crippen LogP contribution is -2.13. The minimum Gasteiger partial charge on any atom is -0.371 e. The van der Waals surface area contributed by atoms with Gasteiger partial charge in [-0.3, -0.25) is 9.78 Å². The molecule has 3 nitrogen and oxygen atoms in total. The summed E-state index contributed by atoms with van der Waals surface area (Å²) in [7, 11) is 0. The Balaban J connectivity index is 2.32. The fraction of sp³-hybridized carbons (Fsp3) is 0.286. The van der Waals surface area contributed by atoms with E-state index in [1.165, 1.54) is 0 Å². The maximum absolute atomic E-state index is 12.0. The SMILES string of the molecule is CC(C)OCC(=O)c1cccc2ncccc12. The third kappa shape index (κ3) is 2.68. The van der Waals surface area contributed by atoms with Gasteiger partial charge >= 0.3 is 0 Å². The van der Waals surface area contributed by atoms with Crippen LogP contribution in [0.15, 0.2) is 36.5 Å². The van der Waals surface area contributed by atoms with E-state index in [1.807, 2.05) is 44.2 Å². The monoisotopic (exact) mass is 229 g/mol. The molecule has 0 saturated heterocycles. The van der Waals surface area contributed by atoms with Crippen molar-refractivity contribution in [1.29, 1.82) is 0 Å². The van der Waals surface area contributed by atoms with Crippen LogP contribution in [0.25, 0.3) is 10.9 Å². The molecule has 0 amide bonds. The summed E-state index contributed by atoms with van der Waals surface area (Å²) < 4.78 is 5.34. The Kier molecular flexibility index (Phi) is 3.49. The zero-order chi connectivity index (χ0) is 12.3. The molecule has 0 unspecified atom stereocenters. The number of ketones is 1. The van der Waals surface area contributed by atoms with Gasteiger partial charge in [0, 0.05) is 17.1 Å². The van der Waals surface area contributed by atoms with Crippen LogP contribution in [0.5, 0.6) is 0 Å². The third-order valence-corrected chi connectivity index (χ3v) is 2.49. The fourth-order valence-corrected chi connectivity index (χ4v) is 1.67. The average molecular weight is 229 g/mol. The summed E-state index contributed by atoms with van der Waals surface area (Å²) in [4.78, 5) is 16.2. The number of carbonyl (C=O) groups excluding carboxylic acids is 1. The van der Waals surface area contributed by atoms with Crippen LogP contribution < -0.4 is 0 Å². The molecular weight excluding hydrogens is 214 g/mol. The van der Waals surface area contributed by atoms with Crippen LogP contribution in [0.2, 0.25) is 0 Å². The van der Waals surface area contributed by atoms with Gasteiger partial charge in [0.15, 0.2) is 5.78 Å². The van der Waals surface area contributed by atoms with Gasteiger partial charge in [0.2, 0.25) is 0 Å². The zero-order valence-electron chi connectivity index (χ0n) is 10.0. The molecule has 1 aromatic carbocycles. The van der Waals surface area contributed by atoms with E-state index >= 15 is 0 Å². The molecule has 88 valence electrons. The molecule has 1 heterocycles. The van der Waals surface area contributed by atoms with Crippen molar-refractivity contribution in [3.63, 3.8) is 0 Å². The first-order chi connectivity index (χ1) is 8.18. The molecule has 2 rings (SSSR count). The summed E-state index contributed by atoms with van der Waals surface area (Å²) >= 11 is 0. The number of fused-ring (bicyclic) bond motifs is 1. The second kappa shape index (κ2) is 5.06. The quantitative estimate of drug-likeness (QED) is 0.757. The Morgan fingerprint density at radius 2 is 2.12 bits per heavy atom. The van der Waals surface area contributed by atoms with Gasteiger partial charge in [-0.2, -0.15) is 0 Å². The molecule has 17 heavy (non-hydrogen) atoms. The van der Waals surface area contributed by atoms with Gasteiger partial charge in [-0.05, 0) is 26.0 Å². The minimum atomic E-state index is -0.00250. The van der Waals surface area contributed by atoms with Gasteiger partial charge in [-0.25, -0.2) is 0 Å². The first-order valence-electron chi connectivity index (χ1n) is 5.67. The molecule has 1 aromatic heterocycles. The van der Waals surface area contributed by atoms with E-state index in [2.05, 4.69) is 4.98 Å². The highest BCUT2D eigenvalue weighted by Crippen LogP contribution is 2.17. The highest BCUT2D eigenvalue weighted by Gasteiger charge is 2.10. The van der Waals surface area contributed by atoms with Crippen molar-refractivity contribution >= 4 is 16.7 Å². The van der Waals surface area contributed by atoms with E-state index in [0.29, 0.717) is 5.56 Å². The fourth-order valence-electron chi connectivity index (χ4n) is 1.67. The summed E-state index contributed by atoms with van der Waals surface area (Å²) in [5.41, 5.74) is 1.51. The molecule has 0 aliphatic heterocycles. The molecule has 2 aromatic rings. The lowest BCUT2D eigenvalue weighted by molar-refractivity contribution is 0.0586. The van der Waals surface area contributed by atoms with Crippen LogP contribution in [-0.4, -0.2) is 23.5 Å². The van der Waals surface area contributed by atoms with Crippen molar-refractivity contribution < 1.29 is 9.53 Å². The van der Waals surface area contributed by atoms with Gasteiger partial charge in [-0.15, -0.1) is 0 Å². The van der Waals surface area contributed by atoms with E-state index in [9.17, 15) is 4.79 Å². The summed E-state index contributed by atoms with van der Waals surface area (Å²) in [6, 6.07) is 9.30. The summed E-state index contributed by atoms with van der Waals surface area (Å²) in [5, 5.41) is 0.882.